The van der Waals surface area contributed by atoms with Gasteiger partial charge in [0.2, 0.25) is 0 Å². The van der Waals surface area contributed by atoms with E-state index in [1.165, 1.54) is 5.56 Å². The van der Waals surface area contributed by atoms with E-state index in [9.17, 15) is 5.11 Å². The number of ether oxygens (including phenoxy) is 2. The van der Waals surface area contributed by atoms with Crippen LogP contribution in [0.4, 0.5) is 0 Å². The third-order valence-electron chi connectivity index (χ3n) is 11.5. The molecule has 0 saturated carbocycles. The summed E-state index contributed by atoms with van der Waals surface area (Å²) in [4.78, 5) is 10.4. The minimum Gasteiger partial charge on any atom is -0.507 e. The number of hydrogen-bond acceptors (Lipinski definition) is 5. The fraction of sp³-hybridized carbons (Fsp3) is 0.0769. The monoisotopic (exact) mass is 957 g/mol. The molecule has 292 valence electrons. The topological polar surface area (TPSA) is 69.4 Å². The maximum Gasteiger partial charge on any atom is 0.260 e. The number of phenolic OH excluding ortho intramolecular Hbond substituents is 1. The Morgan fingerprint density at radius 3 is 2.07 bits per heavy atom. The predicted molar refractivity (Wildman–Crippen MR) is 237 cm³/mol. The maximum absolute atomic E-state index is 11.7. The quantitative estimate of drug-likeness (QED) is 0.138. The number of hydrogen-bond donors (Lipinski definition) is 1. The van der Waals surface area contributed by atoms with Crippen LogP contribution < -0.4 is 25.9 Å². The Morgan fingerprint density at radius 1 is 0.617 bits per heavy atom. The van der Waals surface area contributed by atoms with Crippen LogP contribution in [-0.4, -0.2) is 26.4 Å². The molecular formula is C52H37BN3O3Pt-. The number of nitrogens with zero attached hydrogens (tertiary/aromatic N) is 3. The second-order valence-electron chi connectivity index (χ2n) is 16.2. The molecule has 0 radical (unpaired) electrons. The second kappa shape index (κ2) is 14.5. The molecule has 0 fully saturated rings. The van der Waals surface area contributed by atoms with Gasteiger partial charge < -0.3 is 19.1 Å². The van der Waals surface area contributed by atoms with Crippen molar-refractivity contribution in [2.24, 2.45) is 0 Å². The van der Waals surface area contributed by atoms with E-state index in [4.69, 9.17) is 19.4 Å². The van der Waals surface area contributed by atoms with E-state index >= 15 is 0 Å². The molecule has 0 saturated heterocycles. The van der Waals surface area contributed by atoms with Crippen LogP contribution in [0.2, 0.25) is 0 Å². The van der Waals surface area contributed by atoms with Gasteiger partial charge in [0.15, 0.2) is 0 Å². The van der Waals surface area contributed by atoms with Crippen LogP contribution in [0, 0.1) is 6.07 Å². The van der Waals surface area contributed by atoms with Gasteiger partial charge >= 0.3 is 0 Å². The van der Waals surface area contributed by atoms with Crippen molar-refractivity contribution >= 4 is 34.1 Å². The van der Waals surface area contributed by atoms with Crippen molar-refractivity contribution < 1.29 is 35.6 Å². The smallest absolute Gasteiger partial charge is 0.260 e. The Labute approximate surface area is 363 Å². The molecule has 2 aromatic heterocycles. The van der Waals surface area contributed by atoms with E-state index in [1.807, 2.05) is 72.8 Å². The molecule has 0 atom stereocenters. The van der Waals surface area contributed by atoms with E-state index in [0.717, 1.165) is 72.7 Å². The Morgan fingerprint density at radius 2 is 1.28 bits per heavy atom. The largest absolute Gasteiger partial charge is 0.507 e. The number of pyridine rings is 1. The molecule has 0 spiro atoms. The van der Waals surface area contributed by atoms with E-state index in [2.05, 4.69) is 116 Å². The minimum absolute atomic E-state index is 0. The number of phenols is 1. The molecule has 6 nitrogen and oxygen atoms in total. The summed E-state index contributed by atoms with van der Waals surface area (Å²) in [5.74, 6) is 3.42. The Kier molecular flexibility index (Phi) is 9.11. The average molecular weight is 958 g/mol. The van der Waals surface area contributed by atoms with E-state index in [-0.39, 0.29) is 38.9 Å². The zero-order valence-electron chi connectivity index (χ0n) is 33.1. The van der Waals surface area contributed by atoms with Crippen molar-refractivity contribution in [3.8, 4) is 79.5 Å². The molecular weight excluding hydrogens is 920 g/mol. The summed E-state index contributed by atoms with van der Waals surface area (Å²) in [5.41, 5.74) is 12.8. The fourth-order valence-corrected chi connectivity index (χ4v) is 8.65. The molecule has 0 bridgehead atoms. The SMILES string of the molecule is CC(C)(C)c1ccc(-n2c(-c3[c-]c(-c4cccc(-c5c(O)cc6c7c5Oc5ccccc5B7c5ccccc5O6)n4)ccc3)nc3ccccc32)c(-c2ccccc2)c1.[Pt]. The number of imidazole rings is 1. The first-order valence-electron chi connectivity index (χ1n) is 19.9. The Bertz CT molecular complexity index is 3130. The third-order valence-corrected chi connectivity index (χ3v) is 11.5. The minimum atomic E-state index is -0.131. The number of rotatable bonds is 5. The number of benzene rings is 7. The molecule has 0 aliphatic carbocycles. The number of fused-ring (bicyclic) bond motifs is 5. The summed E-state index contributed by atoms with van der Waals surface area (Å²) in [7, 11) is 0. The van der Waals surface area contributed by atoms with Gasteiger partial charge in [-0.2, -0.15) is 0 Å². The first-order valence-corrected chi connectivity index (χ1v) is 19.9. The second-order valence-corrected chi connectivity index (χ2v) is 16.2. The summed E-state index contributed by atoms with van der Waals surface area (Å²) in [6.07, 6.45) is 0. The zero-order valence-corrected chi connectivity index (χ0v) is 35.4. The molecule has 1 N–H and O–H groups in total. The Balaban J connectivity index is 0.00000433. The summed E-state index contributed by atoms with van der Waals surface area (Å²) >= 11 is 0. The summed E-state index contributed by atoms with van der Waals surface area (Å²) in [6, 6.07) is 59.1. The molecule has 11 rings (SSSR count). The maximum atomic E-state index is 11.7. The van der Waals surface area contributed by atoms with Crippen LogP contribution in [0.5, 0.6) is 28.7 Å². The number of para-hydroxylation sites is 4. The van der Waals surface area contributed by atoms with Crippen molar-refractivity contribution in [2.45, 2.75) is 26.2 Å². The summed E-state index contributed by atoms with van der Waals surface area (Å²) in [5, 5.41) is 11.7. The van der Waals surface area contributed by atoms with Crippen molar-refractivity contribution in [1.29, 1.82) is 0 Å². The summed E-state index contributed by atoms with van der Waals surface area (Å²) in [6.45, 7) is 6.61. The normalized spacial score (nSPS) is 12.4. The fourth-order valence-electron chi connectivity index (χ4n) is 8.65. The van der Waals surface area contributed by atoms with Gasteiger partial charge in [-0.3, -0.25) is 9.97 Å². The predicted octanol–water partition coefficient (Wildman–Crippen LogP) is 10.6. The Hall–Kier alpha value is -6.69. The van der Waals surface area contributed by atoms with Crippen LogP contribution in [0.25, 0.3) is 61.8 Å². The molecule has 8 heteroatoms. The van der Waals surface area contributed by atoms with Crippen molar-refractivity contribution in [3.63, 3.8) is 0 Å². The van der Waals surface area contributed by atoms with Gasteiger partial charge in [-0.1, -0.05) is 129 Å². The van der Waals surface area contributed by atoms with Crippen LogP contribution in [0.1, 0.15) is 26.3 Å². The number of aromatic nitrogens is 3. The molecule has 4 heterocycles. The molecule has 9 aromatic rings. The van der Waals surface area contributed by atoms with Crippen molar-refractivity contribution in [1.82, 2.24) is 14.5 Å². The molecule has 2 aliphatic heterocycles. The van der Waals surface area contributed by atoms with E-state index in [1.54, 1.807) is 6.07 Å². The molecule has 7 aromatic carbocycles. The van der Waals surface area contributed by atoms with Gasteiger partial charge in [-0.25, -0.2) is 0 Å². The molecule has 0 amide bonds. The molecule has 60 heavy (non-hydrogen) atoms. The van der Waals surface area contributed by atoms with Crippen LogP contribution in [0.3, 0.4) is 0 Å². The van der Waals surface area contributed by atoms with Crippen molar-refractivity contribution in [3.05, 3.63) is 175 Å². The van der Waals surface area contributed by atoms with Crippen LogP contribution >= 0.6 is 0 Å². The standard InChI is InChI=1S/C52H37BN3O3.Pt/c1-52(2,3)35-27-28-42(36(30-35)32-15-5-4-6-16-32)56-43-24-10-9-21-40(43)55-51(56)34-18-13-17-33(29-34)39-22-14-23-41(54-39)48-44(57)31-47-49-50(48)59-46-26-12-8-20-38(46)53(49)37-19-7-11-25-45(37)58-47;/h4-28,30-31,57H,1-3H3;/q-1;. The number of aromatic hydroxyl groups is 1. The molecule has 0 unspecified atom stereocenters. The van der Waals surface area contributed by atoms with E-state index in [0.29, 0.717) is 28.5 Å². The van der Waals surface area contributed by atoms with Crippen molar-refractivity contribution in [2.75, 3.05) is 0 Å². The first kappa shape index (κ1) is 37.6. The van der Waals surface area contributed by atoms with Gasteiger partial charge in [0.05, 0.1) is 28.1 Å². The molecule has 2 aliphatic rings. The van der Waals surface area contributed by atoms with Gasteiger partial charge in [0.25, 0.3) is 6.71 Å². The zero-order chi connectivity index (χ0) is 39.8. The first-order chi connectivity index (χ1) is 28.8. The average Bonchev–Trinajstić information content (AvgIpc) is 3.66. The third kappa shape index (κ3) is 6.15. The van der Waals surface area contributed by atoms with Gasteiger partial charge in [0.1, 0.15) is 28.7 Å². The summed E-state index contributed by atoms with van der Waals surface area (Å²) < 4.78 is 15.3. The van der Waals surface area contributed by atoms with Crippen LogP contribution in [-0.2, 0) is 26.5 Å². The van der Waals surface area contributed by atoms with Gasteiger partial charge in [0, 0.05) is 49.5 Å². The van der Waals surface area contributed by atoms with Gasteiger partial charge in [-0.05, 0) is 69.9 Å². The van der Waals surface area contributed by atoms with E-state index < -0.39 is 0 Å². The van der Waals surface area contributed by atoms with Crippen LogP contribution in [0.15, 0.2) is 164 Å². The van der Waals surface area contributed by atoms with Gasteiger partial charge in [-0.15, -0.1) is 24.3 Å².